The Labute approximate surface area is 153 Å². The summed E-state index contributed by atoms with van der Waals surface area (Å²) in [5.41, 5.74) is 0.932. The van der Waals surface area contributed by atoms with Crippen LogP contribution in [0.25, 0.3) is 0 Å². The van der Waals surface area contributed by atoms with Gasteiger partial charge in [-0.05, 0) is 23.4 Å². The summed E-state index contributed by atoms with van der Waals surface area (Å²) in [5, 5.41) is 4.21. The van der Waals surface area contributed by atoms with E-state index in [0.29, 0.717) is 26.6 Å². The fourth-order valence-corrected chi connectivity index (χ4v) is 3.80. The van der Waals surface area contributed by atoms with Crippen LogP contribution in [0.15, 0.2) is 28.2 Å². The van der Waals surface area contributed by atoms with Crippen LogP contribution in [0.5, 0.6) is 0 Å². The van der Waals surface area contributed by atoms with Gasteiger partial charge in [0.05, 0.1) is 15.6 Å². The lowest BCUT2D eigenvalue weighted by atomic mass is 9.87. The maximum atomic E-state index is 12.6. The molecule has 2 aromatic rings. The highest BCUT2D eigenvalue weighted by Crippen LogP contribution is 2.37. The van der Waals surface area contributed by atoms with Crippen LogP contribution in [0, 0.1) is 0 Å². The standard InChI is InChI=1S/C16H15Cl2N3O2S/c1-3-24-16-20-15(23)13-9(7-12(22)19-14(13)21(16)2)8-4-5-10(17)11(18)6-8/h4-6,9H,3,7H2,1-2H3,(H,19,22)/t9-/m1/s1. The van der Waals surface area contributed by atoms with Crippen LogP contribution in [0.4, 0.5) is 5.82 Å². The molecule has 1 aromatic heterocycles. The number of hydrogen-bond acceptors (Lipinski definition) is 4. The second-order valence-electron chi connectivity index (χ2n) is 5.43. The summed E-state index contributed by atoms with van der Waals surface area (Å²) in [4.78, 5) is 29.0. The lowest BCUT2D eigenvalue weighted by Gasteiger charge is -2.27. The summed E-state index contributed by atoms with van der Waals surface area (Å²) >= 11 is 13.5. The number of nitrogens with zero attached hydrogens (tertiary/aromatic N) is 2. The van der Waals surface area contributed by atoms with Crippen molar-refractivity contribution in [3.8, 4) is 0 Å². The fourth-order valence-electron chi connectivity index (χ4n) is 2.81. The van der Waals surface area contributed by atoms with Crippen molar-refractivity contribution in [3.05, 3.63) is 49.7 Å². The molecular formula is C16H15Cl2N3O2S. The molecule has 0 fully saturated rings. The third-order valence-corrected chi connectivity index (χ3v) is 5.57. The van der Waals surface area contributed by atoms with Gasteiger partial charge in [-0.3, -0.25) is 9.59 Å². The summed E-state index contributed by atoms with van der Waals surface area (Å²) in [5.74, 6) is 0.740. The Bertz CT molecular complexity index is 882. The Hall–Kier alpha value is -1.50. The number of rotatable bonds is 3. The number of amides is 1. The highest BCUT2D eigenvalue weighted by molar-refractivity contribution is 7.99. The Morgan fingerprint density at radius 1 is 1.33 bits per heavy atom. The van der Waals surface area contributed by atoms with Crippen LogP contribution in [0.1, 0.15) is 30.4 Å². The zero-order valence-corrected chi connectivity index (χ0v) is 15.4. The first-order chi connectivity index (χ1) is 11.4. The smallest absolute Gasteiger partial charge is 0.279 e. The molecule has 1 aliphatic heterocycles. The first-order valence-corrected chi connectivity index (χ1v) is 9.15. The van der Waals surface area contributed by atoms with Gasteiger partial charge in [-0.2, -0.15) is 4.98 Å². The Morgan fingerprint density at radius 3 is 2.75 bits per heavy atom. The average molecular weight is 384 g/mol. The van der Waals surface area contributed by atoms with E-state index in [2.05, 4.69) is 10.3 Å². The van der Waals surface area contributed by atoms with Crippen molar-refractivity contribution < 1.29 is 4.79 Å². The maximum absolute atomic E-state index is 12.6. The highest BCUT2D eigenvalue weighted by Gasteiger charge is 2.32. The SMILES string of the molecule is CCSc1nc(=O)c2c(n1C)NC(=O)C[C@@H]2c1ccc(Cl)c(Cl)c1. The summed E-state index contributed by atoms with van der Waals surface area (Å²) in [6.07, 6.45) is 0.169. The third-order valence-electron chi connectivity index (χ3n) is 3.92. The van der Waals surface area contributed by atoms with Gasteiger partial charge in [-0.15, -0.1) is 0 Å². The summed E-state index contributed by atoms with van der Waals surface area (Å²) in [6.45, 7) is 1.98. The zero-order valence-electron chi connectivity index (χ0n) is 13.1. The van der Waals surface area contributed by atoms with E-state index in [0.717, 1.165) is 11.3 Å². The van der Waals surface area contributed by atoms with Crippen LogP contribution in [-0.2, 0) is 11.8 Å². The fraction of sp³-hybridized carbons (Fsp3) is 0.312. The van der Waals surface area contributed by atoms with Crippen molar-refractivity contribution in [3.63, 3.8) is 0 Å². The van der Waals surface area contributed by atoms with Gasteiger partial charge in [-0.25, -0.2) is 0 Å². The van der Waals surface area contributed by atoms with Gasteiger partial charge in [0.2, 0.25) is 5.91 Å². The molecule has 8 heteroatoms. The van der Waals surface area contributed by atoms with Crippen LogP contribution >= 0.6 is 35.0 Å². The molecule has 1 atom stereocenters. The molecule has 1 aromatic carbocycles. The van der Waals surface area contributed by atoms with Crippen LogP contribution < -0.4 is 10.9 Å². The molecule has 0 saturated heterocycles. The molecule has 1 aliphatic rings. The number of carbonyl (C=O) groups is 1. The number of benzene rings is 1. The number of hydrogen-bond donors (Lipinski definition) is 1. The third kappa shape index (κ3) is 3.06. The van der Waals surface area contributed by atoms with Crippen molar-refractivity contribution in [2.45, 2.75) is 24.4 Å². The average Bonchev–Trinajstić information content (AvgIpc) is 2.54. The number of nitrogens with one attached hydrogen (secondary N) is 1. The minimum Gasteiger partial charge on any atom is -0.312 e. The van der Waals surface area contributed by atoms with Gasteiger partial charge in [-0.1, -0.05) is 48.0 Å². The Kier molecular flexibility index (Phi) is 4.90. The van der Waals surface area contributed by atoms with Crippen LogP contribution in [-0.4, -0.2) is 21.2 Å². The molecule has 3 rings (SSSR count). The van der Waals surface area contributed by atoms with E-state index < -0.39 is 5.92 Å². The molecule has 5 nitrogen and oxygen atoms in total. The molecule has 0 saturated carbocycles. The van der Waals surface area contributed by atoms with E-state index in [1.54, 1.807) is 29.8 Å². The van der Waals surface area contributed by atoms with E-state index in [4.69, 9.17) is 23.2 Å². The molecule has 0 unspecified atom stereocenters. The van der Waals surface area contributed by atoms with Gasteiger partial charge in [0, 0.05) is 19.4 Å². The molecule has 0 radical (unpaired) electrons. The molecule has 0 bridgehead atoms. The molecule has 2 heterocycles. The monoisotopic (exact) mass is 383 g/mol. The van der Waals surface area contributed by atoms with Crippen molar-refractivity contribution >= 4 is 46.7 Å². The van der Waals surface area contributed by atoms with Crippen molar-refractivity contribution in [1.29, 1.82) is 0 Å². The first-order valence-electron chi connectivity index (χ1n) is 7.40. The normalized spacial score (nSPS) is 16.7. The van der Waals surface area contributed by atoms with Crippen molar-refractivity contribution in [2.24, 2.45) is 7.05 Å². The summed E-state index contributed by atoms with van der Waals surface area (Å²) < 4.78 is 1.76. The van der Waals surface area contributed by atoms with Gasteiger partial charge < -0.3 is 9.88 Å². The van der Waals surface area contributed by atoms with Gasteiger partial charge in [0.1, 0.15) is 5.82 Å². The summed E-state index contributed by atoms with van der Waals surface area (Å²) in [7, 11) is 1.79. The molecule has 0 spiro atoms. The predicted molar refractivity (Wildman–Crippen MR) is 97.4 cm³/mol. The number of anilines is 1. The number of thioether (sulfide) groups is 1. The minimum atomic E-state index is -0.393. The molecule has 126 valence electrons. The number of halogens is 2. The zero-order chi connectivity index (χ0) is 17.4. The summed E-state index contributed by atoms with van der Waals surface area (Å²) in [6, 6.07) is 5.16. The molecule has 24 heavy (non-hydrogen) atoms. The Morgan fingerprint density at radius 2 is 2.08 bits per heavy atom. The molecule has 1 N–H and O–H groups in total. The van der Waals surface area contributed by atoms with Gasteiger partial charge in [0.15, 0.2) is 5.16 Å². The van der Waals surface area contributed by atoms with E-state index in [1.807, 2.05) is 6.92 Å². The van der Waals surface area contributed by atoms with E-state index >= 15 is 0 Å². The lowest BCUT2D eigenvalue weighted by molar-refractivity contribution is -0.116. The Balaban J connectivity index is 2.19. The largest absolute Gasteiger partial charge is 0.312 e. The van der Waals surface area contributed by atoms with E-state index in [1.165, 1.54) is 11.8 Å². The van der Waals surface area contributed by atoms with Gasteiger partial charge in [0.25, 0.3) is 5.56 Å². The molecule has 1 amide bonds. The second kappa shape index (κ2) is 6.78. The quantitative estimate of drug-likeness (QED) is 0.648. The highest BCUT2D eigenvalue weighted by atomic mass is 35.5. The number of carbonyl (C=O) groups excluding carboxylic acids is 1. The van der Waals surface area contributed by atoms with Crippen LogP contribution in [0.3, 0.4) is 0 Å². The van der Waals surface area contributed by atoms with E-state index in [9.17, 15) is 9.59 Å². The topological polar surface area (TPSA) is 64.0 Å². The molecule has 0 aliphatic carbocycles. The molecular weight excluding hydrogens is 369 g/mol. The lowest BCUT2D eigenvalue weighted by Crippen LogP contribution is -2.33. The van der Waals surface area contributed by atoms with Crippen molar-refractivity contribution in [1.82, 2.24) is 9.55 Å². The maximum Gasteiger partial charge on any atom is 0.279 e. The van der Waals surface area contributed by atoms with Crippen molar-refractivity contribution in [2.75, 3.05) is 11.1 Å². The minimum absolute atomic E-state index is 0.146. The predicted octanol–water partition coefficient (Wildman–Crippen LogP) is 3.67. The second-order valence-corrected chi connectivity index (χ2v) is 7.48. The van der Waals surface area contributed by atoms with Gasteiger partial charge >= 0.3 is 0 Å². The number of aromatic nitrogens is 2. The van der Waals surface area contributed by atoms with Crippen LogP contribution in [0.2, 0.25) is 10.0 Å². The first kappa shape index (κ1) is 17.3. The number of fused-ring (bicyclic) bond motifs is 1. The van der Waals surface area contributed by atoms with E-state index in [-0.39, 0.29) is 17.9 Å².